The van der Waals surface area contributed by atoms with Crippen LogP contribution in [-0.4, -0.2) is 52.4 Å². The number of amides is 1. The van der Waals surface area contributed by atoms with Gasteiger partial charge in [-0.05, 0) is 31.5 Å². The van der Waals surface area contributed by atoms with Crippen molar-refractivity contribution in [1.29, 1.82) is 0 Å². The Kier molecular flexibility index (Phi) is 6.48. The number of nitrogens with zero attached hydrogens (tertiary/aromatic N) is 3. The Morgan fingerprint density at radius 2 is 2.16 bits per heavy atom. The fourth-order valence-corrected chi connectivity index (χ4v) is 4.77. The van der Waals surface area contributed by atoms with E-state index in [4.69, 9.17) is 20.3 Å². The number of esters is 1. The normalized spacial score (nSPS) is 17.9. The van der Waals surface area contributed by atoms with Gasteiger partial charge >= 0.3 is 5.97 Å². The van der Waals surface area contributed by atoms with E-state index in [1.807, 2.05) is 24.3 Å². The van der Waals surface area contributed by atoms with Gasteiger partial charge in [0.2, 0.25) is 0 Å². The van der Waals surface area contributed by atoms with Crippen LogP contribution in [-0.2, 0) is 37.9 Å². The highest BCUT2D eigenvalue weighted by Gasteiger charge is 2.45. The molecule has 192 valence electrons. The van der Waals surface area contributed by atoms with Crippen LogP contribution in [0.25, 0.3) is 22.3 Å². The molecule has 2 aliphatic heterocycles. The largest absolute Gasteiger partial charge is 0.458 e. The van der Waals surface area contributed by atoms with Crippen molar-refractivity contribution in [2.24, 2.45) is 10.9 Å². The highest BCUT2D eigenvalue weighted by Crippen LogP contribution is 2.39. The van der Waals surface area contributed by atoms with Crippen LogP contribution < -0.4 is 16.6 Å². The van der Waals surface area contributed by atoms with Crippen molar-refractivity contribution >= 4 is 29.0 Å². The Morgan fingerprint density at radius 3 is 2.95 bits per heavy atom. The number of para-hydroxylation sites is 1. The van der Waals surface area contributed by atoms with Crippen molar-refractivity contribution in [3.8, 4) is 11.4 Å². The molecule has 0 spiro atoms. The summed E-state index contributed by atoms with van der Waals surface area (Å²) in [4.78, 5) is 47.8. The first-order valence-corrected chi connectivity index (χ1v) is 12.1. The molecule has 5 rings (SSSR count). The number of aliphatic hydroxyl groups is 1. The first kappa shape index (κ1) is 24.6. The third-order valence-electron chi connectivity index (χ3n) is 6.79. The molecule has 0 unspecified atom stereocenters. The Hall–Kier alpha value is -4.09. The molecule has 11 nitrogen and oxygen atoms in total. The molecule has 0 saturated carbocycles. The number of carbonyl (C=O) groups is 2. The molecule has 2 aliphatic rings. The Morgan fingerprint density at radius 1 is 1.35 bits per heavy atom. The average molecular weight is 506 g/mol. The fraction of sp³-hybridized carbons (Fsp3) is 0.346. The van der Waals surface area contributed by atoms with E-state index in [2.05, 4.69) is 10.5 Å². The highest BCUT2D eigenvalue weighted by atomic mass is 16.6. The van der Waals surface area contributed by atoms with Crippen LogP contribution in [0.4, 0.5) is 0 Å². The molecular weight excluding hydrogens is 478 g/mol. The zero-order valence-electron chi connectivity index (χ0n) is 20.3. The number of aromatic nitrogens is 2. The number of rotatable bonds is 8. The molecule has 2 aromatic heterocycles. The van der Waals surface area contributed by atoms with E-state index in [0.717, 1.165) is 10.9 Å². The summed E-state index contributed by atoms with van der Waals surface area (Å²) in [5.74, 6) is -1.08. The van der Waals surface area contributed by atoms with Crippen LogP contribution in [0.3, 0.4) is 0 Å². The van der Waals surface area contributed by atoms with Gasteiger partial charge in [-0.2, -0.15) is 0 Å². The number of fused-ring (bicyclic) bond motifs is 5. The highest BCUT2D eigenvalue weighted by molar-refractivity contribution is 6.02. The fourth-order valence-electron chi connectivity index (χ4n) is 4.77. The van der Waals surface area contributed by atoms with Gasteiger partial charge in [-0.1, -0.05) is 30.3 Å². The number of hydrogen-bond acceptors (Lipinski definition) is 9. The minimum Gasteiger partial charge on any atom is -0.458 e. The molecule has 1 atom stereocenters. The smallest absolute Gasteiger partial charge is 0.343 e. The lowest BCUT2D eigenvalue weighted by Gasteiger charge is -2.31. The van der Waals surface area contributed by atoms with E-state index in [9.17, 15) is 19.5 Å². The zero-order valence-corrected chi connectivity index (χ0v) is 20.3. The van der Waals surface area contributed by atoms with Crippen LogP contribution in [0.15, 0.2) is 40.3 Å². The van der Waals surface area contributed by atoms with E-state index in [1.165, 1.54) is 6.21 Å². The predicted octanol–water partition coefficient (Wildman–Crippen LogP) is 0.895. The van der Waals surface area contributed by atoms with Gasteiger partial charge in [0.15, 0.2) is 12.2 Å². The summed E-state index contributed by atoms with van der Waals surface area (Å²) in [5.41, 5.74) is 6.86. The minimum atomic E-state index is -1.90. The second-order valence-electron chi connectivity index (χ2n) is 8.97. The lowest BCUT2D eigenvalue weighted by Crippen LogP contribution is -2.44. The number of cyclic esters (lactones) is 1. The number of carbonyl (C=O) groups excluding carboxylic acids is 2. The zero-order chi connectivity index (χ0) is 26.2. The molecular formula is C26H27N5O6. The molecule has 4 heterocycles. The van der Waals surface area contributed by atoms with Crippen LogP contribution in [0.5, 0.6) is 0 Å². The topological polar surface area (TPSA) is 158 Å². The molecule has 1 aromatic carbocycles. The van der Waals surface area contributed by atoms with Crippen molar-refractivity contribution in [2.45, 2.75) is 38.5 Å². The molecule has 0 radical (unpaired) electrons. The third kappa shape index (κ3) is 4.15. The summed E-state index contributed by atoms with van der Waals surface area (Å²) in [6, 6.07) is 9.12. The number of nitrogens with one attached hydrogen (secondary N) is 1. The first-order valence-electron chi connectivity index (χ1n) is 12.1. The molecule has 0 fully saturated rings. The summed E-state index contributed by atoms with van der Waals surface area (Å²) in [6.07, 6.45) is 2.25. The van der Waals surface area contributed by atoms with E-state index >= 15 is 0 Å². The Bertz CT molecular complexity index is 1500. The SMILES string of the molecule is CC[C@@]1(O)C(=O)OCc2c1cc1n(c2=O)Cc2c-1nc1ccccc1c2/C=N/OCC(=O)NCCCN. The van der Waals surface area contributed by atoms with Crippen molar-refractivity contribution in [2.75, 3.05) is 19.7 Å². The van der Waals surface area contributed by atoms with Crippen LogP contribution in [0.1, 0.15) is 42.0 Å². The summed E-state index contributed by atoms with van der Waals surface area (Å²) in [5, 5.41) is 18.6. The summed E-state index contributed by atoms with van der Waals surface area (Å²) < 4.78 is 6.70. The van der Waals surface area contributed by atoms with Crippen LogP contribution in [0, 0.1) is 0 Å². The van der Waals surface area contributed by atoms with E-state index in [-0.39, 0.29) is 48.8 Å². The minimum absolute atomic E-state index is 0.0643. The van der Waals surface area contributed by atoms with E-state index < -0.39 is 11.6 Å². The second kappa shape index (κ2) is 9.75. The summed E-state index contributed by atoms with van der Waals surface area (Å²) in [7, 11) is 0. The maximum Gasteiger partial charge on any atom is 0.343 e. The number of nitrogens with two attached hydrogens (primary N) is 1. The number of benzene rings is 1. The van der Waals surface area contributed by atoms with Gasteiger partial charge in [0.1, 0.15) is 6.61 Å². The van der Waals surface area contributed by atoms with Gasteiger partial charge in [0.25, 0.3) is 11.5 Å². The molecule has 1 amide bonds. The quantitative estimate of drug-likeness (QED) is 0.138. The average Bonchev–Trinajstić information content (AvgIpc) is 3.27. The lowest BCUT2D eigenvalue weighted by atomic mass is 9.86. The number of oxime groups is 1. The van der Waals surface area contributed by atoms with Crippen molar-refractivity contribution in [1.82, 2.24) is 14.9 Å². The van der Waals surface area contributed by atoms with Crippen LogP contribution >= 0.6 is 0 Å². The predicted molar refractivity (Wildman–Crippen MR) is 135 cm³/mol. The van der Waals surface area contributed by atoms with Crippen LogP contribution in [0.2, 0.25) is 0 Å². The van der Waals surface area contributed by atoms with Gasteiger partial charge < -0.3 is 30.3 Å². The third-order valence-corrected chi connectivity index (χ3v) is 6.79. The number of pyridine rings is 2. The monoisotopic (exact) mass is 505 g/mol. The van der Waals surface area contributed by atoms with Gasteiger partial charge in [0, 0.05) is 28.6 Å². The Balaban J connectivity index is 1.55. The second-order valence-corrected chi connectivity index (χ2v) is 8.97. The summed E-state index contributed by atoms with van der Waals surface area (Å²) >= 11 is 0. The molecule has 3 aromatic rings. The summed E-state index contributed by atoms with van der Waals surface area (Å²) in [6.45, 7) is 2.38. The molecule has 0 aliphatic carbocycles. The lowest BCUT2D eigenvalue weighted by molar-refractivity contribution is -0.172. The van der Waals surface area contributed by atoms with E-state index in [0.29, 0.717) is 42.0 Å². The number of ether oxygens (including phenoxy) is 1. The van der Waals surface area contributed by atoms with Crippen molar-refractivity contribution < 1.29 is 24.3 Å². The van der Waals surface area contributed by atoms with Gasteiger partial charge in [-0.3, -0.25) is 9.59 Å². The van der Waals surface area contributed by atoms with E-state index in [1.54, 1.807) is 17.6 Å². The molecule has 37 heavy (non-hydrogen) atoms. The molecule has 11 heteroatoms. The maximum absolute atomic E-state index is 13.5. The first-order chi connectivity index (χ1) is 17.9. The van der Waals surface area contributed by atoms with Crippen molar-refractivity contribution in [3.05, 3.63) is 62.9 Å². The van der Waals surface area contributed by atoms with Gasteiger partial charge in [-0.15, -0.1) is 0 Å². The standard InChI is InChI=1S/C26H27N5O6/c1-2-26(35)19-10-21-23-17(12-31(21)24(33)18(19)13-36-25(26)34)16(15-6-3-4-7-20(15)30-23)11-29-37-14-22(32)28-9-5-8-27/h3-4,6-7,10-11,35H,2,5,8-9,12-14,27H2,1H3,(H,28,32)/b29-11+/t26-/m0/s1. The van der Waals surface area contributed by atoms with Crippen molar-refractivity contribution in [3.63, 3.8) is 0 Å². The van der Waals surface area contributed by atoms with Gasteiger partial charge in [0.05, 0.1) is 35.2 Å². The molecule has 4 N–H and O–H groups in total. The maximum atomic E-state index is 13.5. The molecule has 0 saturated heterocycles. The Labute approximate surface area is 211 Å². The van der Waals surface area contributed by atoms with Gasteiger partial charge in [-0.25, -0.2) is 9.78 Å². The molecule has 0 bridgehead atoms. The number of hydrogen-bond donors (Lipinski definition) is 3.